The topological polar surface area (TPSA) is 66.9 Å². The lowest BCUT2D eigenvalue weighted by molar-refractivity contribution is -0.114. The molecule has 0 aliphatic rings. The summed E-state index contributed by atoms with van der Waals surface area (Å²) in [6, 6.07) is 12.6. The molecule has 0 aliphatic carbocycles. The Bertz CT molecular complexity index is 515. The molecule has 18 heavy (non-hydrogen) atoms. The van der Waals surface area contributed by atoms with Gasteiger partial charge in [-0.05, 0) is 24.3 Å². The largest absolute Gasteiger partial charge is 0.376 e. The minimum atomic E-state index is -0.199. The number of nitrogens with zero attached hydrogens (tertiary/aromatic N) is 2. The van der Waals surface area contributed by atoms with Crippen molar-refractivity contribution < 1.29 is 4.79 Å². The van der Waals surface area contributed by atoms with Crippen LogP contribution in [-0.2, 0) is 4.79 Å². The van der Waals surface area contributed by atoms with E-state index in [1.54, 1.807) is 12.1 Å². The maximum Gasteiger partial charge on any atom is 0.244 e. The lowest BCUT2D eigenvalue weighted by atomic mass is 10.3. The lowest BCUT2D eigenvalue weighted by Crippen LogP contribution is -2.22. The van der Waals surface area contributed by atoms with Crippen LogP contribution in [0.3, 0.4) is 0 Å². The van der Waals surface area contributed by atoms with Gasteiger partial charge in [-0.1, -0.05) is 29.8 Å². The van der Waals surface area contributed by atoms with Crippen molar-refractivity contribution in [2.75, 3.05) is 17.2 Å². The maximum atomic E-state index is 11.6. The number of anilines is 2. The molecule has 2 rings (SSSR count). The maximum absolute atomic E-state index is 11.6. The average Bonchev–Trinajstić information content (AvgIpc) is 2.40. The molecule has 1 amide bonds. The molecule has 0 spiro atoms. The predicted molar refractivity (Wildman–Crippen MR) is 70.6 cm³/mol. The summed E-state index contributed by atoms with van der Waals surface area (Å²) in [6.45, 7) is 0.161. The number of halogens is 1. The minimum Gasteiger partial charge on any atom is -0.376 e. The number of para-hydroxylation sites is 1. The zero-order valence-electron chi connectivity index (χ0n) is 9.43. The third kappa shape index (κ3) is 3.71. The van der Waals surface area contributed by atoms with Gasteiger partial charge in [0.25, 0.3) is 0 Å². The first kappa shape index (κ1) is 12.3. The van der Waals surface area contributed by atoms with Crippen LogP contribution >= 0.6 is 11.6 Å². The Hall–Kier alpha value is -2.14. The second-order valence-electron chi connectivity index (χ2n) is 3.51. The Balaban J connectivity index is 1.84. The number of hydrogen-bond acceptors (Lipinski definition) is 4. The van der Waals surface area contributed by atoms with E-state index >= 15 is 0 Å². The van der Waals surface area contributed by atoms with Crippen LogP contribution in [0.2, 0.25) is 5.15 Å². The van der Waals surface area contributed by atoms with E-state index in [0.717, 1.165) is 5.69 Å². The van der Waals surface area contributed by atoms with E-state index in [-0.39, 0.29) is 17.6 Å². The second kappa shape index (κ2) is 5.97. The molecule has 0 atom stereocenters. The van der Waals surface area contributed by atoms with Crippen molar-refractivity contribution in [3.63, 3.8) is 0 Å². The predicted octanol–water partition coefficient (Wildman–Crippen LogP) is 2.18. The van der Waals surface area contributed by atoms with Gasteiger partial charge in [-0.15, -0.1) is 10.2 Å². The van der Waals surface area contributed by atoms with E-state index < -0.39 is 0 Å². The molecule has 0 radical (unpaired) electrons. The Morgan fingerprint density at radius 3 is 2.56 bits per heavy atom. The highest BCUT2D eigenvalue weighted by atomic mass is 35.5. The number of carbonyl (C=O) groups excluding carboxylic acids is 1. The number of aromatic nitrogens is 2. The van der Waals surface area contributed by atoms with Crippen LogP contribution in [0.5, 0.6) is 0 Å². The van der Waals surface area contributed by atoms with Crippen molar-refractivity contribution in [3.8, 4) is 0 Å². The van der Waals surface area contributed by atoms with E-state index in [1.807, 2.05) is 30.3 Å². The zero-order chi connectivity index (χ0) is 12.8. The third-order valence-corrected chi connectivity index (χ3v) is 2.33. The van der Waals surface area contributed by atoms with E-state index in [9.17, 15) is 4.79 Å². The van der Waals surface area contributed by atoms with Crippen molar-refractivity contribution in [3.05, 3.63) is 47.6 Å². The van der Waals surface area contributed by atoms with Crippen LogP contribution in [0.15, 0.2) is 42.5 Å². The number of hydrogen-bond donors (Lipinski definition) is 2. The summed E-state index contributed by atoms with van der Waals surface area (Å²) in [6.07, 6.45) is 0. The first-order valence-corrected chi connectivity index (χ1v) is 5.70. The Morgan fingerprint density at radius 1 is 1.11 bits per heavy atom. The molecule has 92 valence electrons. The smallest absolute Gasteiger partial charge is 0.244 e. The summed E-state index contributed by atoms with van der Waals surface area (Å²) in [5.41, 5.74) is 0.884. The van der Waals surface area contributed by atoms with Crippen LogP contribution in [0, 0.1) is 0 Å². The van der Waals surface area contributed by atoms with Gasteiger partial charge >= 0.3 is 0 Å². The molecule has 1 aromatic heterocycles. The first-order valence-electron chi connectivity index (χ1n) is 5.32. The molecule has 5 nitrogen and oxygen atoms in total. The average molecular weight is 263 g/mol. The van der Waals surface area contributed by atoms with Crippen LogP contribution in [0.4, 0.5) is 11.5 Å². The molecule has 2 N–H and O–H groups in total. The Morgan fingerprint density at radius 2 is 1.89 bits per heavy atom. The van der Waals surface area contributed by atoms with Gasteiger partial charge in [-0.3, -0.25) is 4.79 Å². The highest BCUT2D eigenvalue weighted by molar-refractivity contribution is 6.29. The second-order valence-corrected chi connectivity index (χ2v) is 3.90. The van der Waals surface area contributed by atoms with Crippen molar-refractivity contribution in [1.82, 2.24) is 10.2 Å². The van der Waals surface area contributed by atoms with Gasteiger partial charge < -0.3 is 10.6 Å². The standard InChI is InChI=1S/C12H11ClN4O/c13-10-6-7-11(17-16-10)15-12(18)8-14-9-4-2-1-3-5-9/h1-7,14H,8H2,(H,15,17,18). The third-order valence-electron chi connectivity index (χ3n) is 2.13. The minimum absolute atomic E-state index is 0.161. The molecule has 0 unspecified atom stereocenters. The molecule has 0 fully saturated rings. The summed E-state index contributed by atoms with van der Waals surface area (Å²) in [5, 5.41) is 13.2. The molecule has 1 heterocycles. The van der Waals surface area contributed by atoms with Gasteiger partial charge in [0.1, 0.15) is 0 Å². The SMILES string of the molecule is O=C(CNc1ccccc1)Nc1ccc(Cl)nn1. The fraction of sp³-hybridized carbons (Fsp3) is 0.0833. The molecular formula is C12H11ClN4O. The van der Waals surface area contributed by atoms with E-state index in [0.29, 0.717) is 5.82 Å². The quantitative estimate of drug-likeness (QED) is 0.886. The highest BCUT2D eigenvalue weighted by Crippen LogP contribution is 2.07. The van der Waals surface area contributed by atoms with E-state index in [4.69, 9.17) is 11.6 Å². The molecule has 1 aromatic carbocycles. The van der Waals surface area contributed by atoms with Gasteiger partial charge in [0.2, 0.25) is 5.91 Å². The Labute approximate surface area is 109 Å². The molecule has 0 saturated carbocycles. The highest BCUT2D eigenvalue weighted by Gasteiger charge is 2.03. The number of benzene rings is 1. The van der Waals surface area contributed by atoms with Crippen molar-refractivity contribution in [2.24, 2.45) is 0 Å². The number of carbonyl (C=O) groups is 1. The first-order chi connectivity index (χ1) is 8.74. The summed E-state index contributed by atoms with van der Waals surface area (Å²) in [5.74, 6) is 0.176. The summed E-state index contributed by atoms with van der Waals surface area (Å²) >= 11 is 5.59. The van der Waals surface area contributed by atoms with Crippen molar-refractivity contribution >= 4 is 29.0 Å². The van der Waals surface area contributed by atoms with Crippen molar-refractivity contribution in [1.29, 1.82) is 0 Å². The van der Waals surface area contributed by atoms with E-state index in [2.05, 4.69) is 20.8 Å². The van der Waals surface area contributed by atoms with Gasteiger partial charge in [0, 0.05) is 5.69 Å². The fourth-order valence-corrected chi connectivity index (χ4v) is 1.41. The summed E-state index contributed by atoms with van der Waals surface area (Å²) in [4.78, 5) is 11.6. The van der Waals surface area contributed by atoms with Crippen LogP contribution < -0.4 is 10.6 Å². The van der Waals surface area contributed by atoms with Gasteiger partial charge in [-0.25, -0.2) is 0 Å². The monoisotopic (exact) mass is 262 g/mol. The molecule has 0 aliphatic heterocycles. The van der Waals surface area contributed by atoms with Crippen LogP contribution in [0.1, 0.15) is 0 Å². The molecule has 0 bridgehead atoms. The number of rotatable bonds is 4. The van der Waals surface area contributed by atoms with Crippen molar-refractivity contribution in [2.45, 2.75) is 0 Å². The molecule has 6 heteroatoms. The van der Waals surface area contributed by atoms with Gasteiger partial charge in [0.15, 0.2) is 11.0 Å². The molecule has 2 aromatic rings. The molecule has 0 saturated heterocycles. The van der Waals surface area contributed by atoms with Gasteiger partial charge in [-0.2, -0.15) is 0 Å². The van der Waals surface area contributed by atoms with E-state index in [1.165, 1.54) is 0 Å². The fourth-order valence-electron chi connectivity index (χ4n) is 1.31. The Kier molecular flexibility index (Phi) is 4.09. The normalized spacial score (nSPS) is 9.83. The molecular weight excluding hydrogens is 252 g/mol. The van der Waals surface area contributed by atoms with Gasteiger partial charge in [0.05, 0.1) is 6.54 Å². The summed E-state index contributed by atoms with van der Waals surface area (Å²) in [7, 11) is 0. The van der Waals surface area contributed by atoms with Crippen LogP contribution in [0.25, 0.3) is 0 Å². The summed E-state index contributed by atoms with van der Waals surface area (Å²) < 4.78 is 0. The van der Waals surface area contributed by atoms with Crippen LogP contribution in [-0.4, -0.2) is 22.6 Å². The number of nitrogens with one attached hydrogen (secondary N) is 2. The zero-order valence-corrected chi connectivity index (χ0v) is 10.2. The number of amides is 1. The lowest BCUT2D eigenvalue weighted by Gasteiger charge is -2.06.